The minimum atomic E-state index is -4.28. The predicted octanol–water partition coefficient (Wildman–Crippen LogP) is 13.6. The Morgan fingerprint density at radius 3 is 1.49 bits per heavy atom. The van der Waals surface area contributed by atoms with E-state index in [4.69, 9.17) is 24.3 Å². The zero-order chi connectivity index (χ0) is 40.2. The molecule has 0 aromatic heterocycles. The summed E-state index contributed by atoms with van der Waals surface area (Å²) in [5.74, 6) is -0.345. The highest BCUT2D eigenvalue weighted by atomic mass is 31.2. The number of esters is 1. The molecule has 0 rings (SSSR count). The summed E-state index contributed by atoms with van der Waals surface area (Å²) < 4.78 is 33.5. The summed E-state index contributed by atoms with van der Waals surface area (Å²) >= 11 is 0. The molecule has 0 bridgehead atoms. The van der Waals surface area contributed by atoms with Crippen LogP contribution in [0.15, 0.2) is 48.6 Å². The van der Waals surface area contributed by atoms with E-state index in [1.165, 1.54) is 122 Å². The van der Waals surface area contributed by atoms with Gasteiger partial charge in [-0.05, 0) is 77.0 Å². The van der Waals surface area contributed by atoms with Crippen LogP contribution in [-0.4, -0.2) is 49.9 Å². The van der Waals surface area contributed by atoms with Crippen LogP contribution in [0.2, 0.25) is 0 Å². The van der Waals surface area contributed by atoms with Crippen molar-refractivity contribution in [1.29, 1.82) is 0 Å². The van der Waals surface area contributed by atoms with Crippen molar-refractivity contribution in [2.24, 2.45) is 5.73 Å². The standard InChI is InChI=1S/C46H86NO7P/c1-3-5-7-9-11-13-15-17-19-21-22-23-25-27-29-31-33-35-37-39-46(48)54-45(44-53-55(49,50)52-42-40-47)43-51-41-38-36-34-32-30-28-26-24-20-18-16-14-12-10-8-6-4-2/h11,13,17,19-20,22-24,45H,3-10,12,14-16,18,21,25-44,47H2,1-2H3,(H,49,50)/b13-11-,19-17-,23-22-,24-20-. The van der Waals surface area contributed by atoms with Gasteiger partial charge in [0, 0.05) is 19.6 Å². The lowest BCUT2D eigenvalue weighted by molar-refractivity contribution is -0.154. The topological polar surface area (TPSA) is 117 Å². The first-order chi connectivity index (χ1) is 26.9. The van der Waals surface area contributed by atoms with E-state index in [-0.39, 0.29) is 32.3 Å². The minimum absolute atomic E-state index is 0.0957. The fourth-order valence-electron chi connectivity index (χ4n) is 6.12. The fourth-order valence-corrected chi connectivity index (χ4v) is 6.88. The van der Waals surface area contributed by atoms with Gasteiger partial charge in [-0.15, -0.1) is 0 Å². The molecular formula is C46H86NO7P. The third kappa shape index (κ3) is 43.4. The van der Waals surface area contributed by atoms with Crippen LogP contribution in [0.25, 0.3) is 0 Å². The van der Waals surface area contributed by atoms with E-state index < -0.39 is 13.9 Å². The summed E-state index contributed by atoms with van der Waals surface area (Å²) in [6.07, 6.45) is 51.2. The minimum Gasteiger partial charge on any atom is -0.457 e. The molecule has 9 heteroatoms. The maximum Gasteiger partial charge on any atom is 0.472 e. The zero-order valence-corrected chi connectivity index (χ0v) is 36.6. The number of carbonyl (C=O) groups is 1. The van der Waals surface area contributed by atoms with E-state index in [9.17, 15) is 14.3 Å². The third-order valence-electron chi connectivity index (χ3n) is 9.47. The van der Waals surface area contributed by atoms with E-state index >= 15 is 0 Å². The van der Waals surface area contributed by atoms with Gasteiger partial charge in [-0.2, -0.15) is 0 Å². The summed E-state index contributed by atoms with van der Waals surface area (Å²) in [5.41, 5.74) is 5.37. The first-order valence-electron chi connectivity index (χ1n) is 22.6. The number of phosphoric acid groups is 1. The molecule has 0 spiro atoms. The summed E-state index contributed by atoms with van der Waals surface area (Å²) in [6, 6.07) is 0. The molecule has 3 N–H and O–H groups in total. The van der Waals surface area contributed by atoms with E-state index in [0.29, 0.717) is 13.0 Å². The lowest BCUT2D eigenvalue weighted by atomic mass is 10.1. The molecule has 0 aliphatic carbocycles. The number of ether oxygens (including phenoxy) is 2. The smallest absolute Gasteiger partial charge is 0.457 e. The van der Waals surface area contributed by atoms with Crippen LogP contribution in [0.4, 0.5) is 0 Å². The molecule has 0 heterocycles. The van der Waals surface area contributed by atoms with E-state index in [0.717, 1.165) is 57.8 Å². The highest BCUT2D eigenvalue weighted by Gasteiger charge is 2.25. The monoisotopic (exact) mass is 796 g/mol. The maximum atomic E-state index is 12.6. The number of hydrogen-bond acceptors (Lipinski definition) is 7. The summed E-state index contributed by atoms with van der Waals surface area (Å²) in [5, 5.41) is 0. The summed E-state index contributed by atoms with van der Waals surface area (Å²) in [4.78, 5) is 22.5. The largest absolute Gasteiger partial charge is 0.472 e. The van der Waals surface area contributed by atoms with Crippen molar-refractivity contribution in [1.82, 2.24) is 0 Å². The van der Waals surface area contributed by atoms with Gasteiger partial charge in [-0.3, -0.25) is 13.8 Å². The molecule has 0 aromatic rings. The van der Waals surface area contributed by atoms with Gasteiger partial charge < -0.3 is 20.1 Å². The molecule has 0 aliphatic heterocycles. The Balaban J connectivity index is 4.06. The Hall–Kier alpha value is -1.54. The number of nitrogens with two attached hydrogens (primary N) is 1. The molecule has 8 nitrogen and oxygen atoms in total. The van der Waals surface area contributed by atoms with Gasteiger partial charge in [-0.25, -0.2) is 4.57 Å². The quantitative estimate of drug-likeness (QED) is 0.0271. The van der Waals surface area contributed by atoms with Crippen LogP contribution in [0.3, 0.4) is 0 Å². The number of carbonyl (C=O) groups excluding carboxylic acids is 1. The average Bonchev–Trinajstić information content (AvgIpc) is 3.17. The highest BCUT2D eigenvalue weighted by Crippen LogP contribution is 2.43. The lowest BCUT2D eigenvalue weighted by Crippen LogP contribution is -2.28. The number of rotatable bonds is 43. The van der Waals surface area contributed by atoms with E-state index in [2.05, 4.69) is 62.5 Å². The van der Waals surface area contributed by atoms with E-state index in [1.54, 1.807) is 0 Å². The van der Waals surface area contributed by atoms with Crippen molar-refractivity contribution in [3.63, 3.8) is 0 Å². The number of unbranched alkanes of at least 4 members (excludes halogenated alkanes) is 22. The van der Waals surface area contributed by atoms with Crippen LogP contribution < -0.4 is 5.73 Å². The van der Waals surface area contributed by atoms with Crippen molar-refractivity contribution in [2.45, 2.75) is 206 Å². The molecule has 0 aliphatic rings. The lowest BCUT2D eigenvalue weighted by Gasteiger charge is -2.20. The molecule has 0 fully saturated rings. The first-order valence-corrected chi connectivity index (χ1v) is 24.1. The SMILES string of the molecule is CCCCC/C=C\C/C=C\C/C=C\CCCCCCCCC(=O)OC(COCCCCCCCC/C=C\CCCCCCCCC)COP(=O)(O)OCCN. The van der Waals surface area contributed by atoms with Crippen LogP contribution in [0.5, 0.6) is 0 Å². The Kier molecular flexibility index (Phi) is 42.4. The van der Waals surface area contributed by atoms with Gasteiger partial charge in [0.1, 0.15) is 6.10 Å². The van der Waals surface area contributed by atoms with Crippen molar-refractivity contribution in [3.8, 4) is 0 Å². The second-order valence-corrected chi connectivity index (χ2v) is 16.4. The van der Waals surface area contributed by atoms with Gasteiger partial charge >= 0.3 is 13.8 Å². The molecule has 0 saturated heterocycles. The Morgan fingerprint density at radius 1 is 0.545 bits per heavy atom. The molecule has 0 aromatic carbocycles. The Labute approximate surface area is 339 Å². The molecule has 0 radical (unpaired) electrons. The summed E-state index contributed by atoms with van der Waals surface area (Å²) in [7, 11) is -4.28. The highest BCUT2D eigenvalue weighted by molar-refractivity contribution is 7.47. The zero-order valence-electron chi connectivity index (χ0n) is 35.7. The number of allylic oxidation sites excluding steroid dienone is 8. The second kappa shape index (κ2) is 43.6. The second-order valence-electron chi connectivity index (χ2n) is 14.9. The molecule has 2 atom stereocenters. The number of hydrogen-bond donors (Lipinski definition) is 2. The van der Waals surface area contributed by atoms with Crippen molar-refractivity contribution in [2.75, 3.05) is 33.0 Å². The van der Waals surface area contributed by atoms with Gasteiger partial charge in [0.05, 0.1) is 19.8 Å². The van der Waals surface area contributed by atoms with E-state index in [1.807, 2.05) is 0 Å². The number of phosphoric ester groups is 1. The van der Waals surface area contributed by atoms with Crippen LogP contribution in [0.1, 0.15) is 200 Å². The molecule has 322 valence electrons. The van der Waals surface area contributed by atoms with Crippen LogP contribution >= 0.6 is 7.82 Å². The first kappa shape index (κ1) is 53.5. The van der Waals surface area contributed by atoms with Crippen LogP contribution in [0, 0.1) is 0 Å². The molecule has 55 heavy (non-hydrogen) atoms. The fraction of sp³-hybridized carbons (Fsp3) is 0.804. The van der Waals surface area contributed by atoms with Crippen LogP contribution in [-0.2, 0) is 27.9 Å². The third-order valence-corrected chi connectivity index (χ3v) is 10.5. The average molecular weight is 796 g/mol. The van der Waals surface area contributed by atoms with Crippen molar-refractivity contribution < 1.29 is 32.8 Å². The molecule has 2 unspecified atom stereocenters. The molecule has 0 saturated carbocycles. The Bertz CT molecular complexity index is 983. The van der Waals surface area contributed by atoms with Gasteiger partial charge in [0.2, 0.25) is 0 Å². The van der Waals surface area contributed by atoms with Gasteiger partial charge in [0.25, 0.3) is 0 Å². The van der Waals surface area contributed by atoms with Crippen molar-refractivity contribution in [3.05, 3.63) is 48.6 Å². The predicted molar refractivity (Wildman–Crippen MR) is 233 cm³/mol. The summed E-state index contributed by atoms with van der Waals surface area (Å²) in [6.45, 7) is 4.87. The van der Waals surface area contributed by atoms with Gasteiger partial charge in [-0.1, -0.05) is 165 Å². The normalized spacial score (nSPS) is 13.9. The molecule has 0 amide bonds. The molecular weight excluding hydrogens is 709 g/mol. The van der Waals surface area contributed by atoms with Crippen molar-refractivity contribution >= 4 is 13.8 Å². The maximum absolute atomic E-state index is 12.6. The van der Waals surface area contributed by atoms with Gasteiger partial charge in [0.15, 0.2) is 0 Å². The Morgan fingerprint density at radius 2 is 0.964 bits per heavy atom.